The number of benzene rings is 2. The summed E-state index contributed by atoms with van der Waals surface area (Å²) in [5.41, 5.74) is 3.85. The summed E-state index contributed by atoms with van der Waals surface area (Å²) >= 11 is 0. The normalized spacial score (nSPS) is 12.9. The fourth-order valence-corrected chi connectivity index (χ4v) is 3.80. The number of nitrogens with one attached hydrogen (secondary N) is 1. The van der Waals surface area contributed by atoms with Crippen LogP contribution in [0.5, 0.6) is 5.75 Å². The van der Waals surface area contributed by atoms with Crippen LogP contribution in [0.25, 0.3) is 0 Å². The summed E-state index contributed by atoms with van der Waals surface area (Å²) in [6.45, 7) is 3.01. The van der Waals surface area contributed by atoms with Crippen molar-refractivity contribution in [2.24, 2.45) is 7.05 Å². The van der Waals surface area contributed by atoms with Crippen LogP contribution in [0.3, 0.4) is 0 Å². The van der Waals surface area contributed by atoms with Gasteiger partial charge in [-0.25, -0.2) is 4.39 Å². The first kappa shape index (κ1) is 21.5. The number of amides is 2. The molecule has 1 aliphatic rings. The van der Waals surface area contributed by atoms with Crippen molar-refractivity contribution in [3.05, 3.63) is 82.4 Å². The average molecular weight is 436 g/mol. The molecule has 1 aromatic heterocycles. The van der Waals surface area contributed by atoms with Gasteiger partial charge in [0.2, 0.25) is 0 Å². The molecule has 4 rings (SSSR count). The van der Waals surface area contributed by atoms with Gasteiger partial charge in [0.15, 0.2) is 12.3 Å². The van der Waals surface area contributed by atoms with Crippen molar-refractivity contribution in [2.75, 3.05) is 13.2 Å². The van der Waals surface area contributed by atoms with Crippen LogP contribution in [0.2, 0.25) is 0 Å². The molecule has 0 saturated carbocycles. The number of carbonyl (C=O) groups excluding carboxylic acids is 2. The molecular weight excluding hydrogens is 411 g/mol. The Kier molecular flexibility index (Phi) is 6.20. The van der Waals surface area contributed by atoms with Gasteiger partial charge in [-0.1, -0.05) is 24.3 Å². The van der Waals surface area contributed by atoms with E-state index in [4.69, 9.17) is 4.74 Å². The summed E-state index contributed by atoms with van der Waals surface area (Å²) in [5.74, 6) is -0.136. The Hall–Kier alpha value is -3.68. The first-order valence-corrected chi connectivity index (χ1v) is 10.5. The molecule has 166 valence electrons. The molecule has 0 saturated heterocycles. The molecule has 0 spiro atoms. The van der Waals surface area contributed by atoms with E-state index in [1.54, 1.807) is 28.8 Å². The van der Waals surface area contributed by atoms with E-state index in [0.29, 0.717) is 31.0 Å². The Morgan fingerprint density at radius 1 is 1.19 bits per heavy atom. The lowest BCUT2D eigenvalue weighted by molar-refractivity contribution is -0.134. The second-order valence-corrected chi connectivity index (χ2v) is 7.88. The van der Waals surface area contributed by atoms with E-state index >= 15 is 0 Å². The predicted molar refractivity (Wildman–Crippen MR) is 117 cm³/mol. The molecule has 1 aliphatic heterocycles. The van der Waals surface area contributed by atoms with Crippen molar-refractivity contribution in [1.29, 1.82) is 0 Å². The summed E-state index contributed by atoms with van der Waals surface area (Å²) in [4.78, 5) is 27.2. The maximum Gasteiger partial charge on any atom is 0.272 e. The lowest BCUT2D eigenvalue weighted by Crippen LogP contribution is -2.39. The number of halogens is 1. The number of aryl methyl sites for hydroxylation is 2. The third-order valence-corrected chi connectivity index (χ3v) is 5.53. The molecule has 0 fully saturated rings. The Labute approximate surface area is 185 Å². The Bertz CT molecular complexity index is 1140. The third-order valence-electron chi connectivity index (χ3n) is 5.53. The maximum atomic E-state index is 13.1. The fraction of sp³-hybridized carbons (Fsp3) is 0.292. The molecule has 3 aromatic rings. The molecule has 0 unspecified atom stereocenters. The van der Waals surface area contributed by atoms with Crippen LogP contribution in [-0.4, -0.2) is 39.6 Å². The Morgan fingerprint density at radius 2 is 1.97 bits per heavy atom. The first-order valence-electron chi connectivity index (χ1n) is 10.5. The van der Waals surface area contributed by atoms with Crippen LogP contribution in [0.15, 0.2) is 48.5 Å². The SMILES string of the molecule is Cc1cccc(OCC(=O)N2CCc3c(c(C(=O)NCc4ccc(F)cc4)nn3C)C2)c1. The van der Waals surface area contributed by atoms with Crippen molar-refractivity contribution in [3.63, 3.8) is 0 Å². The van der Waals surface area contributed by atoms with Gasteiger partial charge in [-0.15, -0.1) is 0 Å². The molecule has 2 aromatic carbocycles. The van der Waals surface area contributed by atoms with Gasteiger partial charge in [-0.05, 0) is 42.3 Å². The van der Waals surface area contributed by atoms with Gasteiger partial charge in [0.05, 0.1) is 0 Å². The second-order valence-electron chi connectivity index (χ2n) is 7.88. The van der Waals surface area contributed by atoms with Crippen molar-refractivity contribution in [2.45, 2.75) is 26.4 Å². The van der Waals surface area contributed by atoms with E-state index in [0.717, 1.165) is 22.4 Å². The molecule has 32 heavy (non-hydrogen) atoms. The Morgan fingerprint density at radius 3 is 2.72 bits per heavy atom. The highest BCUT2D eigenvalue weighted by Gasteiger charge is 2.29. The molecule has 0 atom stereocenters. The van der Waals surface area contributed by atoms with E-state index in [-0.39, 0.29) is 30.8 Å². The van der Waals surface area contributed by atoms with E-state index in [1.807, 2.05) is 31.2 Å². The largest absolute Gasteiger partial charge is 0.484 e. The average Bonchev–Trinajstić information content (AvgIpc) is 3.13. The van der Waals surface area contributed by atoms with E-state index in [9.17, 15) is 14.0 Å². The summed E-state index contributed by atoms with van der Waals surface area (Å²) in [6.07, 6.45) is 0.611. The molecule has 1 N–H and O–H groups in total. The topological polar surface area (TPSA) is 76.5 Å². The number of ether oxygens (including phenoxy) is 1. The zero-order chi connectivity index (χ0) is 22.7. The minimum Gasteiger partial charge on any atom is -0.484 e. The summed E-state index contributed by atoms with van der Waals surface area (Å²) < 4.78 is 20.4. The number of hydrogen-bond donors (Lipinski definition) is 1. The zero-order valence-corrected chi connectivity index (χ0v) is 18.1. The molecule has 0 radical (unpaired) electrons. The van der Waals surface area contributed by atoms with Crippen molar-refractivity contribution >= 4 is 11.8 Å². The number of carbonyl (C=O) groups is 2. The molecule has 0 bridgehead atoms. The van der Waals surface area contributed by atoms with Crippen LogP contribution >= 0.6 is 0 Å². The third kappa shape index (κ3) is 4.80. The number of fused-ring (bicyclic) bond motifs is 1. The summed E-state index contributed by atoms with van der Waals surface area (Å²) in [5, 5.41) is 7.22. The standard InChI is InChI=1S/C24H25FN4O3/c1-16-4-3-5-19(12-16)32-15-22(30)29-11-10-21-20(14-29)23(27-28(21)2)24(31)26-13-17-6-8-18(25)9-7-17/h3-9,12H,10-11,13-15H2,1-2H3,(H,26,31). The first-order chi connectivity index (χ1) is 15.4. The highest BCUT2D eigenvalue weighted by Crippen LogP contribution is 2.23. The smallest absolute Gasteiger partial charge is 0.272 e. The van der Waals surface area contributed by atoms with Crippen LogP contribution in [0.4, 0.5) is 4.39 Å². The number of nitrogens with zero attached hydrogens (tertiary/aromatic N) is 3. The van der Waals surface area contributed by atoms with E-state index in [2.05, 4.69) is 10.4 Å². The zero-order valence-electron chi connectivity index (χ0n) is 18.1. The van der Waals surface area contributed by atoms with Crippen molar-refractivity contribution in [1.82, 2.24) is 20.0 Å². The fourth-order valence-electron chi connectivity index (χ4n) is 3.80. The number of rotatable bonds is 6. The minimum atomic E-state index is -0.324. The molecule has 7 nitrogen and oxygen atoms in total. The number of hydrogen-bond acceptors (Lipinski definition) is 4. The van der Waals surface area contributed by atoms with E-state index < -0.39 is 0 Å². The van der Waals surface area contributed by atoms with Gasteiger partial charge in [-0.3, -0.25) is 14.3 Å². The van der Waals surface area contributed by atoms with Gasteiger partial charge in [0, 0.05) is 44.4 Å². The lowest BCUT2D eigenvalue weighted by Gasteiger charge is -2.27. The lowest BCUT2D eigenvalue weighted by atomic mass is 10.0. The molecule has 8 heteroatoms. The number of aromatic nitrogens is 2. The van der Waals surface area contributed by atoms with Crippen LogP contribution in [0, 0.1) is 12.7 Å². The van der Waals surface area contributed by atoms with Gasteiger partial charge in [-0.2, -0.15) is 5.10 Å². The van der Waals surface area contributed by atoms with Gasteiger partial charge >= 0.3 is 0 Å². The van der Waals surface area contributed by atoms with Gasteiger partial charge in [0.1, 0.15) is 11.6 Å². The van der Waals surface area contributed by atoms with Gasteiger partial charge < -0.3 is 15.0 Å². The quantitative estimate of drug-likeness (QED) is 0.645. The predicted octanol–water partition coefficient (Wildman–Crippen LogP) is 2.76. The van der Waals surface area contributed by atoms with Gasteiger partial charge in [0.25, 0.3) is 11.8 Å². The van der Waals surface area contributed by atoms with Crippen LogP contribution in [0.1, 0.15) is 32.9 Å². The Balaban J connectivity index is 1.41. The molecular formula is C24H25FN4O3. The second kappa shape index (κ2) is 9.21. The van der Waals surface area contributed by atoms with Crippen molar-refractivity contribution in [3.8, 4) is 5.75 Å². The molecule has 2 amide bonds. The summed E-state index contributed by atoms with van der Waals surface area (Å²) in [6, 6.07) is 13.5. The maximum absolute atomic E-state index is 13.1. The highest BCUT2D eigenvalue weighted by molar-refractivity contribution is 5.94. The molecule has 2 heterocycles. The van der Waals surface area contributed by atoms with E-state index in [1.165, 1.54) is 12.1 Å². The van der Waals surface area contributed by atoms with Crippen molar-refractivity contribution < 1.29 is 18.7 Å². The van der Waals surface area contributed by atoms with Crippen LogP contribution in [-0.2, 0) is 31.4 Å². The molecule has 0 aliphatic carbocycles. The summed E-state index contributed by atoms with van der Waals surface area (Å²) in [7, 11) is 1.80. The monoisotopic (exact) mass is 436 g/mol. The minimum absolute atomic E-state index is 0.0643. The highest BCUT2D eigenvalue weighted by atomic mass is 19.1. The van der Waals surface area contributed by atoms with Crippen LogP contribution < -0.4 is 10.1 Å².